The molecule has 0 radical (unpaired) electrons. The van der Waals surface area contributed by atoms with Crippen LogP contribution in [-0.4, -0.2) is 42.1 Å². The zero-order chi connectivity index (χ0) is 15.4. The SMILES string of the molecule is CNc1c(Cl)ncnc1NCC1COC2(CCCCCC2)O1. The molecule has 0 amide bonds. The number of rotatable bonds is 4. The van der Waals surface area contributed by atoms with Gasteiger partial charge in [-0.25, -0.2) is 9.97 Å². The zero-order valence-corrected chi connectivity index (χ0v) is 13.7. The van der Waals surface area contributed by atoms with Crippen molar-refractivity contribution in [2.75, 3.05) is 30.8 Å². The van der Waals surface area contributed by atoms with Crippen LogP contribution in [0.1, 0.15) is 38.5 Å². The largest absolute Gasteiger partial charge is 0.383 e. The molecule has 1 saturated carbocycles. The zero-order valence-electron chi connectivity index (χ0n) is 12.9. The van der Waals surface area contributed by atoms with E-state index in [1.807, 2.05) is 0 Å². The normalized spacial score (nSPS) is 24.2. The van der Waals surface area contributed by atoms with Crippen molar-refractivity contribution in [1.29, 1.82) is 0 Å². The van der Waals surface area contributed by atoms with E-state index in [2.05, 4.69) is 20.6 Å². The van der Waals surface area contributed by atoms with E-state index in [1.165, 1.54) is 32.0 Å². The van der Waals surface area contributed by atoms with Gasteiger partial charge in [0.2, 0.25) is 0 Å². The van der Waals surface area contributed by atoms with Gasteiger partial charge in [0.05, 0.1) is 6.61 Å². The summed E-state index contributed by atoms with van der Waals surface area (Å²) in [4.78, 5) is 8.19. The fraction of sp³-hybridized carbons (Fsp3) is 0.733. The van der Waals surface area contributed by atoms with Crippen molar-refractivity contribution in [3.63, 3.8) is 0 Å². The highest BCUT2D eigenvalue weighted by atomic mass is 35.5. The minimum absolute atomic E-state index is 0.0385. The molecule has 1 aliphatic heterocycles. The maximum Gasteiger partial charge on any atom is 0.168 e. The Morgan fingerprint density at radius 1 is 1.27 bits per heavy atom. The predicted octanol–water partition coefficient (Wildman–Crippen LogP) is 3.05. The van der Waals surface area contributed by atoms with Gasteiger partial charge in [0.25, 0.3) is 0 Å². The van der Waals surface area contributed by atoms with E-state index in [9.17, 15) is 0 Å². The number of halogens is 1. The standard InChI is InChI=1S/C15H23ClN4O2/c1-17-12-13(16)19-10-20-14(12)18-8-11-9-21-15(22-11)6-4-2-3-5-7-15/h10-11,17H,2-9H2,1H3,(H,18,19,20). The molecule has 0 bridgehead atoms. The molecule has 2 fully saturated rings. The molecule has 2 heterocycles. The molecule has 7 heteroatoms. The highest BCUT2D eigenvalue weighted by Gasteiger charge is 2.41. The molecule has 22 heavy (non-hydrogen) atoms. The van der Waals surface area contributed by atoms with Crippen molar-refractivity contribution in [1.82, 2.24) is 9.97 Å². The summed E-state index contributed by atoms with van der Waals surface area (Å²) in [7, 11) is 1.80. The second-order valence-electron chi connectivity index (χ2n) is 5.89. The van der Waals surface area contributed by atoms with Crippen LogP contribution in [0.3, 0.4) is 0 Å². The van der Waals surface area contributed by atoms with Gasteiger partial charge in [0, 0.05) is 26.4 Å². The van der Waals surface area contributed by atoms with E-state index < -0.39 is 0 Å². The molecule has 0 aromatic carbocycles. The number of nitrogens with one attached hydrogen (secondary N) is 2. The van der Waals surface area contributed by atoms with Crippen LogP contribution in [0.4, 0.5) is 11.5 Å². The molecular formula is C15H23ClN4O2. The summed E-state index contributed by atoms with van der Waals surface area (Å²) >= 11 is 6.05. The molecule has 1 aromatic rings. The van der Waals surface area contributed by atoms with Crippen molar-refractivity contribution in [2.24, 2.45) is 0 Å². The lowest BCUT2D eigenvalue weighted by molar-refractivity contribution is -0.174. The molecule has 1 aliphatic carbocycles. The molecule has 122 valence electrons. The number of aromatic nitrogens is 2. The van der Waals surface area contributed by atoms with E-state index >= 15 is 0 Å². The summed E-state index contributed by atoms with van der Waals surface area (Å²) < 4.78 is 12.2. The Labute approximate surface area is 136 Å². The summed E-state index contributed by atoms with van der Waals surface area (Å²) in [5.74, 6) is 0.339. The number of nitrogens with zero attached hydrogens (tertiary/aromatic N) is 2. The quantitative estimate of drug-likeness (QED) is 0.829. The molecule has 1 saturated heterocycles. The van der Waals surface area contributed by atoms with Gasteiger partial charge in [-0.2, -0.15) is 0 Å². The van der Waals surface area contributed by atoms with Gasteiger partial charge in [-0.1, -0.05) is 24.4 Å². The first-order valence-corrected chi connectivity index (χ1v) is 8.34. The third-order valence-electron chi connectivity index (χ3n) is 4.33. The van der Waals surface area contributed by atoms with Crippen molar-refractivity contribution in [3.05, 3.63) is 11.5 Å². The van der Waals surface area contributed by atoms with Crippen LogP contribution in [0.25, 0.3) is 0 Å². The minimum atomic E-state index is -0.349. The number of hydrogen-bond donors (Lipinski definition) is 2. The highest BCUT2D eigenvalue weighted by molar-refractivity contribution is 6.32. The monoisotopic (exact) mass is 326 g/mol. The molecule has 2 aliphatic rings. The Morgan fingerprint density at radius 2 is 2.05 bits per heavy atom. The summed E-state index contributed by atoms with van der Waals surface area (Å²) in [6.07, 6.45) is 8.43. The van der Waals surface area contributed by atoms with Crippen LogP contribution in [0.15, 0.2) is 6.33 Å². The summed E-state index contributed by atoms with van der Waals surface area (Å²) in [5, 5.41) is 6.70. The van der Waals surface area contributed by atoms with E-state index in [0.717, 1.165) is 12.8 Å². The molecule has 1 aromatic heterocycles. The Bertz CT molecular complexity index is 506. The Hall–Kier alpha value is -1.11. The molecule has 1 unspecified atom stereocenters. The van der Waals surface area contributed by atoms with E-state index in [-0.39, 0.29) is 11.9 Å². The van der Waals surface area contributed by atoms with Gasteiger partial charge in [0.1, 0.15) is 18.1 Å². The van der Waals surface area contributed by atoms with Crippen molar-refractivity contribution in [2.45, 2.75) is 50.4 Å². The van der Waals surface area contributed by atoms with E-state index in [1.54, 1.807) is 7.05 Å². The van der Waals surface area contributed by atoms with Crippen LogP contribution in [0.2, 0.25) is 5.15 Å². The van der Waals surface area contributed by atoms with Gasteiger partial charge in [-0.15, -0.1) is 0 Å². The number of hydrogen-bond acceptors (Lipinski definition) is 6. The Kier molecular flexibility index (Phi) is 5.00. The average Bonchev–Trinajstić information content (AvgIpc) is 2.77. The maximum atomic E-state index is 6.21. The Balaban J connectivity index is 1.58. The van der Waals surface area contributed by atoms with Crippen molar-refractivity contribution in [3.8, 4) is 0 Å². The molecule has 3 rings (SSSR count). The second kappa shape index (κ2) is 6.98. The first-order valence-electron chi connectivity index (χ1n) is 7.96. The van der Waals surface area contributed by atoms with Gasteiger partial charge < -0.3 is 20.1 Å². The third kappa shape index (κ3) is 3.45. The van der Waals surface area contributed by atoms with Crippen LogP contribution in [0, 0.1) is 0 Å². The maximum absolute atomic E-state index is 6.21. The smallest absolute Gasteiger partial charge is 0.168 e. The van der Waals surface area contributed by atoms with Crippen LogP contribution >= 0.6 is 11.6 Å². The van der Waals surface area contributed by atoms with E-state index in [4.69, 9.17) is 21.1 Å². The first-order chi connectivity index (χ1) is 10.7. The van der Waals surface area contributed by atoms with Crippen LogP contribution < -0.4 is 10.6 Å². The van der Waals surface area contributed by atoms with Crippen molar-refractivity contribution < 1.29 is 9.47 Å². The lowest BCUT2D eigenvalue weighted by Gasteiger charge is -2.26. The fourth-order valence-electron chi connectivity index (χ4n) is 3.18. The molecule has 2 N–H and O–H groups in total. The average molecular weight is 327 g/mol. The van der Waals surface area contributed by atoms with Crippen LogP contribution in [0.5, 0.6) is 0 Å². The first kappa shape index (κ1) is 15.8. The molecule has 1 spiro atoms. The van der Waals surface area contributed by atoms with Gasteiger partial charge >= 0.3 is 0 Å². The number of ether oxygens (including phenoxy) is 2. The van der Waals surface area contributed by atoms with Gasteiger partial charge in [-0.3, -0.25) is 0 Å². The summed E-state index contributed by atoms with van der Waals surface area (Å²) in [5.41, 5.74) is 0.701. The second-order valence-corrected chi connectivity index (χ2v) is 6.25. The van der Waals surface area contributed by atoms with E-state index in [0.29, 0.717) is 29.8 Å². The number of anilines is 2. The summed E-state index contributed by atoms with van der Waals surface area (Å²) in [6, 6.07) is 0. The van der Waals surface area contributed by atoms with Crippen molar-refractivity contribution >= 4 is 23.1 Å². The predicted molar refractivity (Wildman–Crippen MR) is 86.3 cm³/mol. The minimum Gasteiger partial charge on any atom is -0.383 e. The molecule has 6 nitrogen and oxygen atoms in total. The lowest BCUT2D eigenvalue weighted by atomic mass is 10.1. The molecule has 1 atom stereocenters. The van der Waals surface area contributed by atoms with Crippen LogP contribution in [-0.2, 0) is 9.47 Å². The molecular weight excluding hydrogens is 304 g/mol. The van der Waals surface area contributed by atoms with Gasteiger partial charge in [-0.05, 0) is 12.8 Å². The van der Waals surface area contributed by atoms with Gasteiger partial charge in [0.15, 0.2) is 16.8 Å². The fourth-order valence-corrected chi connectivity index (χ4v) is 3.40. The Morgan fingerprint density at radius 3 is 2.77 bits per heavy atom. The third-order valence-corrected chi connectivity index (χ3v) is 4.61. The topological polar surface area (TPSA) is 68.3 Å². The summed E-state index contributed by atoms with van der Waals surface area (Å²) in [6.45, 7) is 1.27. The lowest BCUT2D eigenvalue weighted by Crippen LogP contribution is -2.31. The highest BCUT2D eigenvalue weighted by Crippen LogP contribution is 2.37.